The number of carbonyl (C=O) groups excluding carboxylic acids is 1. The normalized spacial score (nSPS) is 10.5. The second-order valence-electron chi connectivity index (χ2n) is 5.55. The summed E-state index contributed by atoms with van der Waals surface area (Å²) in [6, 6.07) is 11.8. The Morgan fingerprint density at radius 1 is 1.18 bits per heavy atom. The molecule has 2 N–H and O–H groups in total. The van der Waals surface area contributed by atoms with Crippen LogP contribution in [0, 0.1) is 0 Å². The van der Waals surface area contributed by atoms with E-state index in [0.717, 1.165) is 17.8 Å². The lowest BCUT2D eigenvalue weighted by atomic mass is 10.0. The zero-order valence-corrected chi connectivity index (χ0v) is 13.4. The fourth-order valence-corrected chi connectivity index (χ4v) is 2.20. The monoisotopic (exact) mass is 297 g/mol. The quantitative estimate of drug-likeness (QED) is 0.844. The van der Waals surface area contributed by atoms with Gasteiger partial charge in [0.25, 0.3) is 5.91 Å². The van der Waals surface area contributed by atoms with Gasteiger partial charge in [-0.1, -0.05) is 39.0 Å². The molecule has 0 aliphatic carbocycles. The number of nitrogens with one attached hydrogen (secondary N) is 2. The molecule has 0 fully saturated rings. The number of aromatic nitrogens is 1. The zero-order valence-electron chi connectivity index (χ0n) is 13.4. The fraction of sp³-hybridized carbons (Fsp3) is 0.333. The topological polar surface area (TPSA) is 54.0 Å². The molecule has 0 aliphatic rings. The van der Waals surface area contributed by atoms with Gasteiger partial charge in [0.15, 0.2) is 0 Å². The Kier molecular flexibility index (Phi) is 5.53. The number of benzene rings is 1. The molecule has 1 amide bonds. The molecular weight excluding hydrogens is 274 g/mol. The minimum Gasteiger partial charge on any atom is -0.354 e. The summed E-state index contributed by atoms with van der Waals surface area (Å²) >= 11 is 0. The molecule has 0 aliphatic heterocycles. The number of carbonyl (C=O) groups is 1. The highest BCUT2D eigenvalue weighted by atomic mass is 16.1. The van der Waals surface area contributed by atoms with Crippen LogP contribution in [-0.2, 0) is 0 Å². The summed E-state index contributed by atoms with van der Waals surface area (Å²) in [5.74, 6) is 0.312. The van der Waals surface area contributed by atoms with Crippen molar-refractivity contribution < 1.29 is 4.79 Å². The Balaban J connectivity index is 2.10. The molecule has 4 heteroatoms. The first-order valence-electron chi connectivity index (χ1n) is 7.72. The Morgan fingerprint density at radius 3 is 2.59 bits per heavy atom. The minimum atomic E-state index is -0.129. The van der Waals surface area contributed by atoms with Crippen LogP contribution in [0.1, 0.15) is 49.2 Å². The molecule has 116 valence electrons. The molecule has 0 unspecified atom stereocenters. The van der Waals surface area contributed by atoms with Gasteiger partial charge < -0.3 is 10.6 Å². The van der Waals surface area contributed by atoms with Gasteiger partial charge in [0.2, 0.25) is 0 Å². The van der Waals surface area contributed by atoms with E-state index in [1.807, 2.05) is 25.1 Å². The van der Waals surface area contributed by atoms with Gasteiger partial charge >= 0.3 is 0 Å². The molecule has 0 bridgehead atoms. The Bertz CT molecular complexity index is 620. The van der Waals surface area contributed by atoms with Crippen LogP contribution in [0.4, 0.5) is 11.4 Å². The minimum absolute atomic E-state index is 0.129. The van der Waals surface area contributed by atoms with Crippen molar-refractivity contribution in [2.45, 2.75) is 33.1 Å². The van der Waals surface area contributed by atoms with Crippen molar-refractivity contribution >= 4 is 17.3 Å². The number of hydrogen-bond acceptors (Lipinski definition) is 3. The largest absolute Gasteiger partial charge is 0.354 e. The maximum Gasteiger partial charge on any atom is 0.269 e. The van der Waals surface area contributed by atoms with Crippen LogP contribution in [0.25, 0.3) is 0 Å². The van der Waals surface area contributed by atoms with Gasteiger partial charge in [-0.15, -0.1) is 0 Å². The summed E-state index contributed by atoms with van der Waals surface area (Å²) in [4.78, 5) is 16.1. The second kappa shape index (κ2) is 7.59. The molecule has 1 aromatic carbocycles. The first-order valence-corrected chi connectivity index (χ1v) is 7.72. The molecule has 0 atom stereocenters. The molecule has 1 aromatic heterocycles. The number of rotatable bonds is 6. The zero-order chi connectivity index (χ0) is 15.9. The van der Waals surface area contributed by atoms with Gasteiger partial charge in [-0.2, -0.15) is 0 Å². The Hall–Kier alpha value is -2.36. The smallest absolute Gasteiger partial charge is 0.269 e. The van der Waals surface area contributed by atoms with Gasteiger partial charge in [0.1, 0.15) is 5.69 Å². The first kappa shape index (κ1) is 16.0. The Morgan fingerprint density at radius 2 is 1.95 bits per heavy atom. The summed E-state index contributed by atoms with van der Waals surface area (Å²) in [5, 5.41) is 6.19. The van der Waals surface area contributed by atoms with Crippen molar-refractivity contribution in [2.24, 2.45) is 0 Å². The molecule has 0 saturated carbocycles. The van der Waals surface area contributed by atoms with Crippen molar-refractivity contribution in [2.75, 3.05) is 11.9 Å². The molecular formula is C18H23N3O. The summed E-state index contributed by atoms with van der Waals surface area (Å²) < 4.78 is 0. The maximum atomic E-state index is 11.8. The van der Waals surface area contributed by atoms with Crippen LogP contribution in [0.2, 0.25) is 0 Å². The standard InChI is InChI=1S/C18H23N3O/c1-4-11-19-18(22)17-10-9-14(12-20-17)21-16-8-6-5-7-15(16)13(2)3/h5-10,12-13,21H,4,11H2,1-3H3,(H,19,22). The highest BCUT2D eigenvalue weighted by molar-refractivity contribution is 5.92. The van der Waals surface area contributed by atoms with Crippen LogP contribution >= 0.6 is 0 Å². The predicted octanol–water partition coefficient (Wildman–Crippen LogP) is 4.09. The van der Waals surface area contributed by atoms with E-state index in [2.05, 4.69) is 41.6 Å². The van der Waals surface area contributed by atoms with E-state index in [9.17, 15) is 4.79 Å². The number of para-hydroxylation sites is 1. The first-order chi connectivity index (χ1) is 10.6. The van der Waals surface area contributed by atoms with Gasteiger partial charge in [-0.3, -0.25) is 4.79 Å². The van der Waals surface area contributed by atoms with E-state index in [1.165, 1.54) is 5.56 Å². The molecule has 1 heterocycles. The van der Waals surface area contributed by atoms with Crippen molar-refractivity contribution in [3.63, 3.8) is 0 Å². The van der Waals surface area contributed by atoms with E-state index < -0.39 is 0 Å². The van der Waals surface area contributed by atoms with Crippen LogP contribution in [0.3, 0.4) is 0 Å². The maximum absolute atomic E-state index is 11.8. The van der Waals surface area contributed by atoms with Crippen molar-refractivity contribution in [1.82, 2.24) is 10.3 Å². The molecule has 4 nitrogen and oxygen atoms in total. The number of amides is 1. The van der Waals surface area contributed by atoms with Crippen LogP contribution in [0.5, 0.6) is 0 Å². The summed E-state index contributed by atoms with van der Waals surface area (Å²) in [5.41, 5.74) is 3.64. The molecule has 0 radical (unpaired) electrons. The van der Waals surface area contributed by atoms with Crippen molar-refractivity contribution in [3.05, 3.63) is 53.9 Å². The Labute approximate surface area is 132 Å². The second-order valence-corrected chi connectivity index (χ2v) is 5.55. The fourth-order valence-electron chi connectivity index (χ4n) is 2.20. The third kappa shape index (κ3) is 4.07. The van der Waals surface area contributed by atoms with Crippen LogP contribution < -0.4 is 10.6 Å². The van der Waals surface area contributed by atoms with E-state index >= 15 is 0 Å². The predicted molar refractivity (Wildman–Crippen MR) is 90.7 cm³/mol. The molecule has 22 heavy (non-hydrogen) atoms. The van der Waals surface area contributed by atoms with Gasteiger partial charge in [-0.05, 0) is 36.1 Å². The lowest BCUT2D eigenvalue weighted by Gasteiger charge is -2.14. The number of anilines is 2. The number of hydrogen-bond donors (Lipinski definition) is 2. The van der Waals surface area contributed by atoms with Crippen LogP contribution in [-0.4, -0.2) is 17.4 Å². The third-order valence-electron chi connectivity index (χ3n) is 3.39. The SMILES string of the molecule is CCCNC(=O)c1ccc(Nc2ccccc2C(C)C)cn1. The lowest BCUT2D eigenvalue weighted by molar-refractivity contribution is 0.0949. The van der Waals surface area contributed by atoms with E-state index in [4.69, 9.17) is 0 Å². The van der Waals surface area contributed by atoms with E-state index in [-0.39, 0.29) is 5.91 Å². The average molecular weight is 297 g/mol. The number of pyridine rings is 1. The van der Waals surface area contributed by atoms with Crippen molar-refractivity contribution in [3.8, 4) is 0 Å². The van der Waals surface area contributed by atoms with E-state index in [0.29, 0.717) is 18.2 Å². The van der Waals surface area contributed by atoms with Gasteiger partial charge in [0.05, 0.1) is 11.9 Å². The number of nitrogens with zero attached hydrogens (tertiary/aromatic N) is 1. The van der Waals surface area contributed by atoms with Crippen LogP contribution in [0.15, 0.2) is 42.6 Å². The molecule has 0 spiro atoms. The summed E-state index contributed by atoms with van der Waals surface area (Å²) in [6.07, 6.45) is 2.61. The average Bonchev–Trinajstić information content (AvgIpc) is 2.53. The lowest BCUT2D eigenvalue weighted by Crippen LogP contribution is -2.24. The molecule has 2 aromatic rings. The highest BCUT2D eigenvalue weighted by Gasteiger charge is 2.08. The summed E-state index contributed by atoms with van der Waals surface area (Å²) in [7, 11) is 0. The van der Waals surface area contributed by atoms with E-state index in [1.54, 1.807) is 12.3 Å². The highest BCUT2D eigenvalue weighted by Crippen LogP contribution is 2.26. The molecule has 0 saturated heterocycles. The molecule has 2 rings (SSSR count). The van der Waals surface area contributed by atoms with Crippen molar-refractivity contribution in [1.29, 1.82) is 0 Å². The summed E-state index contributed by atoms with van der Waals surface area (Å²) in [6.45, 7) is 7.02. The third-order valence-corrected chi connectivity index (χ3v) is 3.39. The van der Waals surface area contributed by atoms with Gasteiger partial charge in [-0.25, -0.2) is 4.98 Å². The van der Waals surface area contributed by atoms with Gasteiger partial charge in [0, 0.05) is 12.2 Å².